The number of anilines is 1. The second-order valence-corrected chi connectivity index (χ2v) is 12.0. The number of amides is 1. The summed E-state index contributed by atoms with van der Waals surface area (Å²) >= 11 is 1.22. The molecule has 0 unspecified atom stereocenters. The van der Waals surface area contributed by atoms with Crippen LogP contribution in [0.25, 0.3) is 10.1 Å². The third-order valence-corrected chi connectivity index (χ3v) is 9.68. The number of sulfonamides is 1. The first-order valence-electron chi connectivity index (χ1n) is 12.1. The summed E-state index contributed by atoms with van der Waals surface area (Å²) in [6.07, 6.45) is 1.37. The molecule has 0 spiro atoms. The lowest BCUT2D eigenvalue weighted by atomic mass is 9.89. The molecule has 0 radical (unpaired) electrons. The predicted molar refractivity (Wildman–Crippen MR) is 146 cm³/mol. The van der Waals surface area contributed by atoms with E-state index in [-0.39, 0.29) is 10.1 Å². The van der Waals surface area contributed by atoms with Gasteiger partial charge in [-0.2, -0.15) is 0 Å². The van der Waals surface area contributed by atoms with E-state index >= 15 is 0 Å². The Morgan fingerprint density at radius 2 is 1.59 bits per heavy atom. The molecule has 2 N–H and O–H groups in total. The van der Waals surface area contributed by atoms with Crippen molar-refractivity contribution in [1.29, 1.82) is 0 Å². The molecule has 192 valence electrons. The highest BCUT2D eigenvalue weighted by molar-refractivity contribution is 7.91. The van der Waals surface area contributed by atoms with Crippen LogP contribution in [-0.4, -0.2) is 62.2 Å². The van der Waals surface area contributed by atoms with Gasteiger partial charge in [-0.1, -0.05) is 60.7 Å². The maximum Gasteiger partial charge on any atom is 0.407 e. The molecule has 37 heavy (non-hydrogen) atoms. The van der Waals surface area contributed by atoms with Gasteiger partial charge in [-0.15, -0.1) is 11.3 Å². The normalized spacial score (nSPS) is 14.4. The fourth-order valence-corrected chi connectivity index (χ4v) is 7.19. The van der Waals surface area contributed by atoms with Gasteiger partial charge in [0.25, 0.3) is 0 Å². The van der Waals surface area contributed by atoms with E-state index in [4.69, 9.17) is 0 Å². The summed E-state index contributed by atoms with van der Waals surface area (Å²) in [5.74, 6) is 0.765. The van der Waals surface area contributed by atoms with E-state index in [0.717, 1.165) is 21.2 Å². The van der Waals surface area contributed by atoms with Gasteiger partial charge in [-0.3, -0.25) is 0 Å². The third kappa shape index (κ3) is 5.61. The zero-order valence-corrected chi connectivity index (χ0v) is 21.8. The number of carbonyl (C=O) groups is 1. The fourth-order valence-electron chi connectivity index (χ4n) is 4.72. The van der Waals surface area contributed by atoms with Crippen molar-refractivity contribution in [3.8, 4) is 0 Å². The zero-order valence-electron chi connectivity index (χ0n) is 20.2. The monoisotopic (exact) mass is 536 g/mol. The number of benzene rings is 2. The van der Waals surface area contributed by atoms with Crippen molar-refractivity contribution < 1.29 is 18.3 Å². The number of nitrogens with zero attached hydrogens (tertiary/aromatic N) is 3. The first-order valence-corrected chi connectivity index (χ1v) is 14.4. The lowest BCUT2D eigenvalue weighted by Gasteiger charge is -2.34. The summed E-state index contributed by atoms with van der Waals surface area (Å²) in [6.45, 7) is 2.08. The van der Waals surface area contributed by atoms with Crippen molar-refractivity contribution in [2.24, 2.45) is 0 Å². The molecule has 5 rings (SSSR count). The highest BCUT2D eigenvalue weighted by Gasteiger charge is 2.25. The summed E-state index contributed by atoms with van der Waals surface area (Å²) in [7, 11) is -3.71. The molecule has 0 saturated carbocycles. The molecular formula is C27H28N4O4S2. The molecule has 3 heterocycles. The van der Waals surface area contributed by atoms with Crippen LogP contribution < -0.4 is 9.62 Å². The lowest BCUT2D eigenvalue weighted by molar-refractivity contribution is 0.142. The number of hydrogen-bond acceptors (Lipinski definition) is 6. The van der Waals surface area contributed by atoms with Crippen LogP contribution in [-0.2, 0) is 10.0 Å². The number of thiophene rings is 1. The molecule has 1 amide bonds. The number of piperazine rings is 1. The summed E-state index contributed by atoms with van der Waals surface area (Å²) in [5.41, 5.74) is 2.29. The van der Waals surface area contributed by atoms with Gasteiger partial charge >= 0.3 is 6.09 Å². The highest BCUT2D eigenvalue weighted by Crippen LogP contribution is 2.35. The van der Waals surface area contributed by atoms with Gasteiger partial charge in [0.15, 0.2) is 0 Å². The molecule has 10 heteroatoms. The number of fused-ring (bicyclic) bond motifs is 1. The average molecular weight is 537 g/mol. The zero-order chi connectivity index (χ0) is 25.8. The van der Waals surface area contributed by atoms with Crippen LogP contribution in [0.4, 0.5) is 10.6 Å². The van der Waals surface area contributed by atoms with Crippen LogP contribution in [0, 0.1) is 0 Å². The standard InChI is InChI=1S/C27H28N4O4S2/c32-27(33)31-17-15-30(16-18-31)26-23-19-25(36-24(23)12-13-28-26)37(34,35)29-14-11-22(20-7-3-1-4-8-20)21-9-5-2-6-10-21/h1-10,12-13,19,22,29H,11,14-18H2,(H,32,33). The van der Waals surface area contributed by atoms with Crippen molar-refractivity contribution in [3.05, 3.63) is 90.1 Å². The number of aromatic nitrogens is 1. The molecule has 4 aromatic rings. The highest BCUT2D eigenvalue weighted by atomic mass is 32.2. The molecule has 1 aliphatic rings. The molecule has 1 fully saturated rings. The van der Waals surface area contributed by atoms with Crippen LogP contribution in [0.3, 0.4) is 0 Å². The Hall–Kier alpha value is -3.47. The first-order chi connectivity index (χ1) is 17.9. The summed E-state index contributed by atoms with van der Waals surface area (Å²) in [5, 5.41) is 9.98. The maximum atomic E-state index is 13.3. The molecule has 2 aromatic carbocycles. The van der Waals surface area contributed by atoms with E-state index in [0.29, 0.717) is 45.0 Å². The molecule has 2 aromatic heterocycles. The van der Waals surface area contributed by atoms with Gasteiger partial charge in [-0.05, 0) is 29.7 Å². The van der Waals surface area contributed by atoms with E-state index in [1.54, 1.807) is 12.3 Å². The Labute approximate surface area is 220 Å². The van der Waals surface area contributed by atoms with Crippen LogP contribution in [0.5, 0.6) is 0 Å². The smallest absolute Gasteiger partial charge is 0.407 e. The van der Waals surface area contributed by atoms with E-state index in [1.807, 2.05) is 47.4 Å². The van der Waals surface area contributed by atoms with Gasteiger partial charge in [0, 0.05) is 54.9 Å². The lowest BCUT2D eigenvalue weighted by Crippen LogP contribution is -2.48. The molecular weight excluding hydrogens is 508 g/mol. The molecule has 0 atom stereocenters. The second-order valence-electron chi connectivity index (χ2n) is 8.93. The minimum Gasteiger partial charge on any atom is -0.465 e. The van der Waals surface area contributed by atoms with Crippen molar-refractivity contribution in [2.45, 2.75) is 16.5 Å². The Balaban J connectivity index is 1.32. The van der Waals surface area contributed by atoms with Gasteiger partial charge in [-0.25, -0.2) is 22.9 Å². The second kappa shape index (κ2) is 10.9. The van der Waals surface area contributed by atoms with Crippen LogP contribution >= 0.6 is 11.3 Å². The van der Waals surface area contributed by atoms with Gasteiger partial charge < -0.3 is 14.9 Å². The number of rotatable bonds is 8. The van der Waals surface area contributed by atoms with E-state index < -0.39 is 16.1 Å². The maximum absolute atomic E-state index is 13.3. The first kappa shape index (κ1) is 25.2. The summed E-state index contributed by atoms with van der Waals surface area (Å²) in [6, 6.07) is 23.7. The van der Waals surface area contributed by atoms with Crippen molar-refractivity contribution in [2.75, 3.05) is 37.6 Å². The van der Waals surface area contributed by atoms with Gasteiger partial charge in [0.1, 0.15) is 10.0 Å². The fraction of sp³-hybridized carbons (Fsp3) is 0.259. The van der Waals surface area contributed by atoms with Gasteiger partial charge in [0.2, 0.25) is 10.0 Å². The van der Waals surface area contributed by atoms with Crippen molar-refractivity contribution in [3.63, 3.8) is 0 Å². The average Bonchev–Trinajstić information content (AvgIpc) is 3.38. The molecule has 1 aliphatic heterocycles. The van der Waals surface area contributed by atoms with Crippen LogP contribution in [0.2, 0.25) is 0 Å². The third-order valence-electron chi connectivity index (χ3n) is 6.65. The quantitative estimate of drug-likeness (QED) is 0.341. The Kier molecular flexibility index (Phi) is 7.40. The Morgan fingerprint density at radius 1 is 0.973 bits per heavy atom. The van der Waals surface area contributed by atoms with E-state index in [1.165, 1.54) is 16.2 Å². The molecule has 0 aliphatic carbocycles. The summed E-state index contributed by atoms with van der Waals surface area (Å²) < 4.78 is 30.4. The Bertz CT molecular complexity index is 1430. The number of pyridine rings is 1. The van der Waals surface area contributed by atoms with Crippen LogP contribution in [0.1, 0.15) is 23.5 Å². The SMILES string of the molecule is O=C(O)N1CCN(c2nccc3sc(S(=O)(=O)NCCC(c4ccccc4)c4ccccc4)cc23)CC1. The Morgan fingerprint density at radius 3 is 2.19 bits per heavy atom. The minimum absolute atomic E-state index is 0.0766. The number of carboxylic acid groups (broad SMARTS) is 1. The topological polar surface area (TPSA) is 103 Å². The number of nitrogens with one attached hydrogen (secondary N) is 1. The van der Waals surface area contributed by atoms with Crippen molar-refractivity contribution >= 4 is 43.4 Å². The van der Waals surface area contributed by atoms with Crippen LogP contribution in [0.15, 0.2) is 83.2 Å². The largest absolute Gasteiger partial charge is 0.465 e. The van der Waals surface area contributed by atoms with E-state index in [2.05, 4.69) is 34.0 Å². The minimum atomic E-state index is -3.71. The van der Waals surface area contributed by atoms with E-state index in [9.17, 15) is 18.3 Å². The van der Waals surface area contributed by atoms with Gasteiger partial charge in [0.05, 0.1) is 0 Å². The molecule has 0 bridgehead atoms. The predicted octanol–water partition coefficient (Wildman–Crippen LogP) is 4.60. The molecule has 8 nitrogen and oxygen atoms in total. The number of hydrogen-bond donors (Lipinski definition) is 2. The van der Waals surface area contributed by atoms with Crippen molar-refractivity contribution in [1.82, 2.24) is 14.6 Å². The molecule has 1 saturated heterocycles. The summed E-state index contributed by atoms with van der Waals surface area (Å²) in [4.78, 5) is 19.1.